The van der Waals surface area contributed by atoms with Crippen LogP contribution in [0.1, 0.15) is 50.9 Å². The van der Waals surface area contributed by atoms with E-state index in [0.717, 1.165) is 67.9 Å². The number of amides is 3. The van der Waals surface area contributed by atoms with Gasteiger partial charge in [-0.2, -0.15) is 0 Å². The van der Waals surface area contributed by atoms with Crippen LogP contribution < -0.4 is 15.5 Å². The number of hydrogen-bond acceptors (Lipinski definition) is 7. The third-order valence-corrected chi connectivity index (χ3v) is 11.8. The lowest BCUT2D eigenvalue weighted by molar-refractivity contribution is -0.113. The van der Waals surface area contributed by atoms with Crippen molar-refractivity contribution in [2.24, 2.45) is 11.3 Å². The summed E-state index contributed by atoms with van der Waals surface area (Å²) in [6.07, 6.45) is 11.5. The molecule has 3 aliphatic heterocycles. The van der Waals surface area contributed by atoms with Crippen molar-refractivity contribution in [1.82, 2.24) is 9.88 Å². The minimum absolute atomic E-state index is 0.110. The van der Waals surface area contributed by atoms with Gasteiger partial charge in [0.25, 0.3) is 17.7 Å². The zero-order valence-corrected chi connectivity index (χ0v) is 30.8. The first-order valence-electron chi connectivity index (χ1n) is 18.1. The number of ether oxygens (including phenoxy) is 1. The summed E-state index contributed by atoms with van der Waals surface area (Å²) in [4.78, 5) is 50.1. The zero-order chi connectivity index (χ0) is 37.6. The summed E-state index contributed by atoms with van der Waals surface area (Å²) in [7, 11) is 0. The SMILES string of the molecule is Cc1cccc(F)c1NC(=O)c1cc2c(s1)-c1ncc(F)cc1N(C(=O)c1ccc(NC(=O)C3=CC=CC(C)C=C3N3CC4(CCOCC4)C3)cc1)CC2. The third kappa shape index (κ3) is 6.87. The third-order valence-electron chi connectivity index (χ3n) is 10.6. The predicted octanol–water partition coefficient (Wildman–Crippen LogP) is 7.92. The molecule has 1 unspecified atom stereocenters. The molecular weight excluding hydrogens is 709 g/mol. The van der Waals surface area contributed by atoms with Crippen LogP contribution in [-0.2, 0) is 16.0 Å². The second-order valence-electron chi connectivity index (χ2n) is 14.5. The predicted molar refractivity (Wildman–Crippen MR) is 206 cm³/mol. The number of aryl methyl sites for hydroxylation is 1. The van der Waals surface area contributed by atoms with E-state index in [-0.39, 0.29) is 41.1 Å². The van der Waals surface area contributed by atoms with Crippen LogP contribution in [0.2, 0.25) is 0 Å². The molecule has 2 aromatic carbocycles. The van der Waals surface area contributed by atoms with Crippen LogP contribution in [-0.4, -0.2) is 60.5 Å². The number of carbonyl (C=O) groups excluding carboxylic acids is 3. The summed E-state index contributed by atoms with van der Waals surface area (Å²) < 4.78 is 34.8. The van der Waals surface area contributed by atoms with Crippen molar-refractivity contribution >= 4 is 46.1 Å². The first kappa shape index (κ1) is 35.6. The summed E-state index contributed by atoms with van der Waals surface area (Å²) in [6.45, 7) is 7.37. The molecule has 12 heteroatoms. The number of carbonyl (C=O) groups is 3. The number of hydrogen-bond donors (Lipinski definition) is 2. The molecule has 9 nitrogen and oxygen atoms in total. The van der Waals surface area contributed by atoms with Gasteiger partial charge in [0.05, 0.1) is 32.9 Å². The molecule has 4 aromatic rings. The molecule has 2 saturated heterocycles. The summed E-state index contributed by atoms with van der Waals surface area (Å²) in [5.74, 6) is -2.03. The number of thiophene rings is 1. The molecule has 5 heterocycles. The van der Waals surface area contributed by atoms with E-state index in [1.807, 2.05) is 12.2 Å². The molecule has 0 saturated carbocycles. The highest BCUT2D eigenvalue weighted by atomic mass is 32.1. The summed E-state index contributed by atoms with van der Waals surface area (Å²) >= 11 is 1.16. The average molecular weight is 748 g/mol. The lowest BCUT2D eigenvalue weighted by Gasteiger charge is -2.54. The van der Waals surface area contributed by atoms with E-state index in [0.29, 0.717) is 44.3 Å². The van der Waals surface area contributed by atoms with Crippen LogP contribution in [0.5, 0.6) is 0 Å². The fourth-order valence-electron chi connectivity index (χ4n) is 7.64. The van der Waals surface area contributed by atoms with Crippen molar-refractivity contribution in [3.8, 4) is 10.6 Å². The number of fused-ring (bicyclic) bond motifs is 3. The molecule has 1 spiro atoms. The fraction of sp³-hybridized carbons (Fsp3) is 0.286. The van der Waals surface area contributed by atoms with Crippen molar-refractivity contribution in [2.75, 3.05) is 48.4 Å². The van der Waals surface area contributed by atoms with Crippen LogP contribution in [0.15, 0.2) is 96.4 Å². The topological polar surface area (TPSA) is 104 Å². The number of aromatic nitrogens is 1. The van der Waals surface area contributed by atoms with Crippen molar-refractivity contribution < 1.29 is 27.9 Å². The number of para-hydroxylation sites is 1. The van der Waals surface area contributed by atoms with Gasteiger partial charge in [-0.15, -0.1) is 11.3 Å². The number of likely N-dealkylation sites (tertiary alicyclic amines) is 1. The Bertz CT molecular complexity index is 2230. The molecule has 0 radical (unpaired) electrons. The molecule has 2 fully saturated rings. The van der Waals surface area contributed by atoms with Gasteiger partial charge in [-0.25, -0.2) is 8.78 Å². The molecule has 0 bridgehead atoms. The molecule has 8 rings (SSSR count). The van der Waals surface area contributed by atoms with Crippen LogP contribution in [0.3, 0.4) is 0 Å². The molecular formula is C42H39F2N5O4S. The Morgan fingerprint density at radius 1 is 1.00 bits per heavy atom. The second-order valence-corrected chi connectivity index (χ2v) is 15.5. The van der Waals surface area contributed by atoms with Crippen molar-refractivity contribution in [3.05, 3.63) is 130 Å². The van der Waals surface area contributed by atoms with E-state index in [9.17, 15) is 23.2 Å². The highest BCUT2D eigenvalue weighted by Gasteiger charge is 2.45. The molecule has 4 aliphatic rings. The number of allylic oxidation sites excluding steroid dienone is 4. The van der Waals surface area contributed by atoms with Gasteiger partial charge in [0.2, 0.25) is 0 Å². The Hall–Kier alpha value is -5.46. The molecule has 2 aromatic heterocycles. The van der Waals surface area contributed by atoms with Gasteiger partial charge in [-0.05, 0) is 85.7 Å². The van der Waals surface area contributed by atoms with E-state index in [1.165, 1.54) is 17.0 Å². The quantitative estimate of drug-likeness (QED) is 0.208. The lowest BCUT2D eigenvalue weighted by atomic mass is 9.73. The number of benzene rings is 2. The van der Waals surface area contributed by atoms with Gasteiger partial charge < -0.3 is 25.2 Å². The molecule has 54 heavy (non-hydrogen) atoms. The lowest BCUT2D eigenvalue weighted by Crippen LogP contribution is -2.58. The largest absolute Gasteiger partial charge is 0.381 e. The maximum Gasteiger partial charge on any atom is 0.265 e. The van der Waals surface area contributed by atoms with Gasteiger partial charge in [0.15, 0.2) is 0 Å². The molecule has 1 aliphatic carbocycles. The summed E-state index contributed by atoms with van der Waals surface area (Å²) in [5, 5.41) is 5.69. The maximum atomic E-state index is 14.7. The van der Waals surface area contributed by atoms with Crippen LogP contribution in [0.4, 0.5) is 25.8 Å². The van der Waals surface area contributed by atoms with E-state index in [2.05, 4.69) is 39.6 Å². The summed E-state index contributed by atoms with van der Waals surface area (Å²) in [5.41, 5.74) is 4.78. The van der Waals surface area contributed by atoms with Crippen LogP contribution in [0, 0.1) is 29.9 Å². The van der Waals surface area contributed by atoms with Crippen molar-refractivity contribution in [1.29, 1.82) is 0 Å². The standard InChI is InChI=1S/C42H39F2N5O4S/c1-25-5-3-7-31(33(19-25)48-23-42(24-48)14-17-53-18-15-42)39(50)46-30-11-9-27(10-12-30)41(52)49-16-13-28-20-35(40(51)47-36-26(2)6-4-8-32(36)44)54-38(28)37-34(49)21-29(43)22-45-37/h3-12,19-22,25H,13-18,23-24H2,1-2H3,(H,46,50)(H,47,51). The Balaban J connectivity index is 0.983. The van der Waals surface area contributed by atoms with Gasteiger partial charge in [0, 0.05) is 61.3 Å². The van der Waals surface area contributed by atoms with E-state index in [1.54, 1.807) is 49.4 Å². The van der Waals surface area contributed by atoms with Gasteiger partial charge in [-0.1, -0.05) is 37.3 Å². The first-order chi connectivity index (χ1) is 26.1. The molecule has 3 amide bonds. The van der Waals surface area contributed by atoms with E-state index < -0.39 is 17.5 Å². The van der Waals surface area contributed by atoms with Crippen LogP contribution >= 0.6 is 11.3 Å². The van der Waals surface area contributed by atoms with Gasteiger partial charge in [0.1, 0.15) is 17.3 Å². The average Bonchev–Trinajstić information content (AvgIpc) is 3.39. The number of pyridine rings is 1. The minimum atomic E-state index is -0.607. The smallest absolute Gasteiger partial charge is 0.265 e. The second kappa shape index (κ2) is 14.4. The van der Waals surface area contributed by atoms with E-state index in [4.69, 9.17) is 4.74 Å². The Kier molecular flexibility index (Phi) is 9.49. The minimum Gasteiger partial charge on any atom is -0.381 e. The van der Waals surface area contributed by atoms with Crippen LogP contribution in [0.25, 0.3) is 10.6 Å². The number of nitrogens with zero attached hydrogens (tertiary/aromatic N) is 3. The summed E-state index contributed by atoms with van der Waals surface area (Å²) in [6, 6.07) is 14.2. The number of anilines is 3. The van der Waals surface area contributed by atoms with Gasteiger partial charge in [-0.3, -0.25) is 19.4 Å². The van der Waals surface area contributed by atoms with E-state index >= 15 is 0 Å². The fourth-order valence-corrected chi connectivity index (χ4v) is 8.76. The Morgan fingerprint density at radius 3 is 2.54 bits per heavy atom. The number of halogens is 2. The first-order valence-corrected chi connectivity index (χ1v) is 18.9. The maximum absolute atomic E-state index is 14.7. The van der Waals surface area contributed by atoms with Crippen molar-refractivity contribution in [3.63, 3.8) is 0 Å². The molecule has 1 atom stereocenters. The Labute approximate surface area is 316 Å². The number of nitrogens with one attached hydrogen (secondary N) is 2. The van der Waals surface area contributed by atoms with Gasteiger partial charge >= 0.3 is 0 Å². The highest BCUT2D eigenvalue weighted by Crippen LogP contribution is 2.44. The Morgan fingerprint density at radius 2 is 1.78 bits per heavy atom. The number of rotatable bonds is 6. The molecule has 276 valence electrons. The molecule has 2 N–H and O–H groups in total. The monoisotopic (exact) mass is 747 g/mol. The normalized spacial score (nSPS) is 18.7. The zero-order valence-electron chi connectivity index (χ0n) is 30.0. The highest BCUT2D eigenvalue weighted by molar-refractivity contribution is 7.17. The van der Waals surface area contributed by atoms with Crippen molar-refractivity contribution in [2.45, 2.75) is 33.1 Å².